The summed E-state index contributed by atoms with van der Waals surface area (Å²) in [5.74, 6) is 2.82. The maximum atomic E-state index is 6.90. The Bertz CT molecular complexity index is 2630. The lowest BCUT2D eigenvalue weighted by Crippen LogP contribution is -2.38. The SMILES string of the molecule is CC(C)(C)c1ccnc(N2c3ccccc3C(C)(C)c3ccc(Oc4cc(C5=N[C@H](C(c6ccccc6)c6ccccc6)C(C)(C)O5)cc(-c5ccccn5)c4)cc32)c1. The van der Waals surface area contributed by atoms with Gasteiger partial charge in [0.1, 0.15) is 29.0 Å². The third kappa shape index (κ3) is 7.18. The Kier molecular flexibility index (Phi) is 9.46. The predicted molar refractivity (Wildman–Crippen MR) is 240 cm³/mol. The molecule has 0 radical (unpaired) electrons. The van der Waals surface area contributed by atoms with Crippen LogP contribution in [0.1, 0.15) is 87.8 Å². The van der Waals surface area contributed by atoms with E-state index < -0.39 is 5.60 Å². The van der Waals surface area contributed by atoms with Gasteiger partial charge in [-0.25, -0.2) is 9.98 Å². The first-order chi connectivity index (χ1) is 28.4. The molecule has 0 bridgehead atoms. The van der Waals surface area contributed by atoms with E-state index in [4.69, 9.17) is 24.4 Å². The molecule has 9 rings (SSSR count). The normalized spacial score (nSPS) is 16.5. The molecular formula is C53H50N4O2. The van der Waals surface area contributed by atoms with Crippen LogP contribution in [-0.2, 0) is 15.6 Å². The second-order valence-electron chi connectivity index (χ2n) is 17.8. The van der Waals surface area contributed by atoms with E-state index in [1.165, 1.54) is 27.8 Å². The van der Waals surface area contributed by atoms with Crippen molar-refractivity contribution in [1.82, 2.24) is 9.97 Å². The average molecular weight is 775 g/mol. The molecule has 59 heavy (non-hydrogen) atoms. The molecule has 2 aromatic heterocycles. The molecule has 294 valence electrons. The number of fused-ring (bicyclic) bond motifs is 2. The molecule has 5 aromatic carbocycles. The molecule has 0 amide bonds. The van der Waals surface area contributed by atoms with Crippen molar-refractivity contribution in [2.75, 3.05) is 4.90 Å². The Labute approximate surface area is 348 Å². The van der Waals surface area contributed by atoms with Crippen LogP contribution in [0.3, 0.4) is 0 Å². The zero-order valence-corrected chi connectivity index (χ0v) is 34.8. The van der Waals surface area contributed by atoms with Gasteiger partial charge in [0, 0.05) is 40.9 Å². The molecule has 6 heteroatoms. The first-order valence-corrected chi connectivity index (χ1v) is 20.5. The highest BCUT2D eigenvalue weighted by Crippen LogP contribution is 2.53. The van der Waals surface area contributed by atoms with Crippen molar-refractivity contribution in [2.45, 2.75) is 76.9 Å². The molecule has 0 fully saturated rings. The van der Waals surface area contributed by atoms with E-state index in [0.29, 0.717) is 17.4 Å². The van der Waals surface area contributed by atoms with Crippen molar-refractivity contribution < 1.29 is 9.47 Å². The van der Waals surface area contributed by atoms with Gasteiger partial charge in [-0.05, 0) is 102 Å². The highest BCUT2D eigenvalue weighted by molar-refractivity contribution is 5.97. The Morgan fingerprint density at radius 1 is 0.610 bits per heavy atom. The third-order valence-corrected chi connectivity index (χ3v) is 11.9. The molecule has 6 nitrogen and oxygen atoms in total. The summed E-state index contributed by atoms with van der Waals surface area (Å²) in [4.78, 5) is 17.4. The van der Waals surface area contributed by atoms with Crippen LogP contribution in [0.5, 0.6) is 11.5 Å². The molecule has 1 atom stereocenters. The topological polar surface area (TPSA) is 59.8 Å². The van der Waals surface area contributed by atoms with Gasteiger partial charge >= 0.3 is 0 Å². The Balaban J connectivity index is 1.15. The predicted octanol–water partition coefficient (Wildman–Crippen LogP) is 13.1. The van der Waals surface area contributed by atoms with Gasteiger partial charge in [0.2, 0.25) is 5.90 Å². The first kappa shape index (κ1) is 38.0. The minimum atomic E-state index is -0.600. The van der Waals surface area contributed by atoms with E-state index in [9.17, 15) is 0 Å². The van der Waals surface area contributed by atoms with Gasteiger partial charge in [-0.3, -0.25) is 9.88 Å². The number of pyridine rings is 2. The number of hydrogen-bond acceptors (Lipinski definition) is 6. The van der Waals surface area contributed by atoms with Crippen LogP contribution in [-0.4, -0.2) is 27.5 Å². The van der Waals surface area contributed by atoms with Gasteiger partial charge in [-0.1, -0.05) is 126 Å². The van der Waals surface area contributed by atoms with E-state index in [2.05, 4.69) is 175 Å². The van der Waals surface area contributed by atoms with Crippen LogP contribution >= 0.6 is 0 Å². The maximum Gasteiger partial charge on any atom is 0.217 e. The molecule has 0 unspecified atom stereocenters. The highest BCUT2D eigenvalue weighted by Gasteiger charge is 2.45. The fraction of sp³-hybridized carbons (Fsp3) is 0.226. The molecule has 0 saturated carbocycles. The summed E-state index contributed by atoms with van der Waals surface area (Å²) < 4.78 is 13.8. The summed E-state index contributed by atoms with van der Waals surface area (Å²) in [5.41, 5.74) is 9.88. The fourth-order valence-corrected chi connectivity index (χ4v) is 8.72. The second-order valence-corrected chi connectivity index (χ2v) is 17.8. The average Bonchev–Trinajstić information content (AvgIpc) is 3.56. The molecule has 0 N–H and O–H groups in total. The van der Waals surface area contributed by atoms with Crippen molar-refractivity contribution in [1.29, 1.82) is 0 Å². The number of rotatable bonds is 8. The monoisotopic (exact) mass is 774 g/mol. The number of aliphatic imine (C=N–C) groups is 1. The summed E-state index contributed by atoms with van der Waals surface area (Å²) in [6.07, 6.45) is 3.74. The van der Waals surface area contributed by atoms with E-state index in [0.717, 1.165) is 34.0 Å². The van der Waals surface area contributed by atoms with Crippen LogP contribution in [0.25, 0.3) is 11.3 Å². The minimum absolute atomic E-state index is 0.00834. The number of nitrogens with zero attached hydrogens (tertiary/aromatic N) is 4. The molecule has 2 aliphatic heterocycles. The van der Waals surface area contributed by atoms with Gasteiger partial charge < -0.3 is 9.47 Å². The number of benzene rings is 5. The molecule has 0 saturated heterocycles. The lowest BCUT2D eigenvalue weighted by molar-refractivity contribution is 0.0916. The van der Waals surface area contributed by atoms with Crippen LogP contribution in [0.15, 0.2) is 169 Å². The zero-order valence-electron chi connectivity index (χ0n) is 34.8. The van der Waals surface area contributed by atoms with E-state index in [1.807, 2.05) is 42.7 Å². The lowest BCUT2D eigenvalue weighted by atomic mass is 9.73. The van der Waals surface area contributed by atoms with E-state index in [-0.39, 0.29) is 22.8 Å². The number of hydrogen-bond donors (Lipinski definition) is 0. The van der Waals surface area contributed by atoms with Gasteiger partial charge in [0.05, 0.1) is 17.1 Å². The van der Waals surface area contributed by atoms with Crippen molar-refractivity contribution in [3.63, 3.8) is 0 Å². The van der Waals surface area contributed by atoms with Crippen molar-refractivity contribution in [3.05, 3.63) is 197 Å². The van der Waals surface area contributed by atoms with Gasteiger partial charge in [0.25, 0.3) is 0 Å². The van der Waals surface area contributed by atoms with Crippen LogP contribution in [0.4, 0.5) is 17.2 Å². The van der Waals surface area contributed by atoms with Gasteiger partial charge in [-0.2, -0.15) is 0 Å². The Morgan fingerprint density at radius 3 is 1.97 bits per heavy atom. The number of anilines is 3. The fourth-order valence-electron chi connectivity index (χ4n) is 8.72. The number of para-hydroxylation sites is 1. The van der Waals surface area contributed by atoms with Gasteiger partial charge in [-0.15, -0.1) is 0 Å². The third-order valence-electron chi connectivity index (χ3n) is 11.9. The largest absolute Gasteiger partial charge is 0.469 e. The summed E-state index contributed by atoms with van der Waals surface area (Å²) >= 11 is 0. The van der Waals surface area contributed by atoms with Gasteiger partial charge in [0.15, 0.2) is 0 Å². The summed E-state index contributed by atoms with van der Waals surface area (Å²) in [6, 6.07) is 52.6. The summed E-state index contributed by atoms with van der Waals surface area (Å²) in [6.45, 7) is 15.6. The number of ether oxygens (including phenoxy) is 2. The molecule has 7 aromatic rings. The van der Waals surface area contributed by atoms with E-state index in [1.54, 1.807) is 0 Å². The van der Waals surface area contributed by atoms with Crippen molar-refractivity contribution >= 4 is 23.1 Å². The maximum absolute atomic E-state index is 6.90. The van der Waals surface area contributed by atoms with Crippen molar-refractivity contribution in [2.24, 2.45) is 4.99 Å². The first-order valence-electron chi connectivity index (χ1n) is 20.5. The minimum Gasteiger partial charge on any atom is -0.469 e. The van der Waals surface area contributed by atoms with Crippen LogP contribution < -0.4 is 9.64 Å². The van der Waals surface area contributed by atoms with Crippen LogP contribution in [0.2, 0.25) is 0 Å². The quantitative estimate of drug-likeness (QED) is 0.154. The molecular weight excluding hydrogens is 725 g/mol. The van der Waals surface area contributed by atoms with Crippen molar-refractivity contribution in [3.8, 4) is 22.8 Å². The smallest absolute Gasteiger partial charge is 0.217 e. The molecule has 2 aliphatic rings. The Hall–Kier alpha value is -6.53. The van der Waals surface area contributed by atoms with E-state index >= 15 is 0 Å². The zero-order chi connectivity index (χ0) is 40.9. The second kappa shape index (κ2) is 14.7. The highest BCUT2D eigenvalue weighted by atomic mass is 16.5. The molecule has 4 heterocycles. The van der Waals surface area contributed by atoms with Crippen LogP contribution in [0, 0.1) is 0 Å². The standard InChI is InChI=1S/C53H50N4O2/c1-51(2,3)39-27-29-55-47(33-39)57-45-24-15-14-22-42(45)52(4,5)43-26-25-40(34-46(43)57)58-41-31-37(44-23-16-17-28-54-44)30-38(32-41)50-56-49(53(6,7)59-50)48(35-18-10-8-11-19-35)36-20-12-9-13-21-36/h8-34,48-49H,1-7H3/t49-/m1/s1. The summed E-state index contributed by atoms with van der Waals surface area (Å²) in [7, 11) is 0. The lowest BCUT2D eigenvalue weighted by Gasteiger charge is -2.41. The Morgan fingerprint density at radius 2 is 1.27 bits per heavy atom. The molecule has 0 aliphatic carbocycles. The summed E-state index contributed by atoms with van der Waals surface area (Å²) in [5, 5.41) is 0. The number of aromatic nitrogens is 2. The molecule has 0 spiro atoms.